The van der Waals surface area contributed by atoms with Gasteiger partial charge in [0.05, 0.1) is 17.4 Å². The van der Waals surface area contributed by atoms with Gasteiger partial charge in [0, 0.05) is 25.5 Å². The number of nitrogens with one attached hydrogen (secondary N) is 2. The van der Waals surface area contributed by atoms with E-state index in [4.69, 9.17) is 5.73 Å². The van der Waals surface area contributed by atoms with E-state index in [2.05, 4.69) is 10.6 Å². The molecule has 0 bridgehead atoms. The molecular formula is C17H22N4O4S2. The average Bonchev–Trinajstić information content (AvgIpc) is 3.13. The van der Waals surface area contributed by atoms with Crippen molar-refractivity contribution in [2.24, 2.45) is 5.73 Å². The van der Waals surface area contributed by atoms with Crippen molar-refractivity contribution in [1.29, 1.82) is 0 Å². The largest absolute Gasteiger partial charge is 0.352 e. The number of hydrogen-bond acceptors (Lipinski definition) is 5. The lowest BCUT2D eigenvalue weighted by atomic mass is 10.1. The second-order valence-corrected chi connectivity index (χ2v) is 9.05. The smallest absolute Gasteiger partial charge is 0.312 e. The van der Waals surface area contributed by atoms with Gasteiger partial charge in [0.1, 0.15) is 0 Å². The molecule has 10 heteroatoms. The van der Waals surface area contributed by atoms with E-state index in [9.17, 15) is 18.0 Å². The predicted molar refractivity (Wildman–Crippen MR) is 104 cm³/mol. The van der Waals surface area contributed by atoms with E-state index in [1.807, 2.05) is 11.4 Å². The Labute approximate surface area is 162 Å². The number of urea groups is 1. The maximum Gasteiger partial charge on any atom is 0.312 e. The minimum Gasteiger partial charge on any atom is -0.352 e. The summed E-state index contributed by atoms with van der Waals surface area (Å²) in [5.41, 5.74) is 5.67. The van der Waals surface area contributed by atoms with Crippen molar-refractivity contribution >= 4 is 33.3 Å². The van der Waals surface area contributed by atoms with Crippen LogP contribution in [-0.4, -0.2) is 38.8 Å². The number of hydrogen-bond donors (Lipinski definition) is 3. The molecule has 2 rings (SSSR count). The number of primary amides is 1. The van der Waals surface area contributed by atoms with Crippen LogP contribution in [0, 0.1) is 0 Å². The van der Waals surface area contributed by atoms with E-state index in [1.165, 1.54) is 31.5 Å². The molecule has 0 spiro atoms. The highest BCUT2D eigenvalue weighted by Crippen LogP contribution is 2.22. The van der Waals surface area contributed by atoms with E-state index in [-0.39, 0.29) is 23.8 Å². The van der Waals surface area contributed by atoms with Crippen molar-refractivity contribution in [3.63, 3.8) is 0 Å². The molecule has 146 valence electrons. The van der Waals surface area contributed by atoms with Crippen molar-refractivity contribution in [2.45, 2.75) is 23.9 Å². The lowest BCUT2D eigenvalue weighted by Gasteiger charge is -2.17. The third-order valence-corrected chi connectivity index (χ3v) is 6.70. The Balaban J connectivity index is 2.08. The topological polar surface area (TPSA) is 122 Å². The Morgan fingerprint density at radius 2 is 1.89 bits per heavy atom. The Morgan fingerprint density at radius 3 is 2.48 bits per heavy atom. The van der Waals surface area contributed by atoms with Gasteiger partial charge in [-0.15, -0.1) is 11.3 Å². The summed E-state index contributed by atoms with van der Waals surface area (Å²) in [4.78, 5) is 24.5. The zero-order chi connectivity index (χ0) is 20.0. The van der Waals surface area contributed by atoms with Crippen molar-refractivity contribution in [3.8, 4) is 0 Å². The SMILES string of the molecule is CN(C)S(=O)(=O)c1ccccc1CNC(=O)CC(NC(N)=O)c1cccs1. The van der Waals surface area contributed by atoms with Crippen LogP contribution in [-0.2, 0) is 21.4 Å². The lowest BCUT2D eigenvalue weighted by Crippen LogP contribution is -2.36. The summed E-state index contributed by atoms with van der Waals surface area (Å²) in [6.45, 7) is 0.0514. The molecule has 2 aromatic rings. The number of nitrogens with zero attached hydrogens (tertiary/aromatic N) is 1. The van der Waals surface area contributed by atoms with Gasteiger partial charge in [0.15, 0.2) is 0 Å². The maximum absolute atomic E-state index is 12.4. The Kier molecular flexibility index (Phi) is 6.94. The molecule has 0 aliphatic carbocycles. The molecule has 0 fully saturated rings. The summed E-state index contributed by atoms with van der Waals surface area (Å²) < 4.78 is 25.9. The van der Waals surface area contributed by atoms with E-state index in [1.54, 1.807) is 24.3 Å². The van der Waals surface area contributed by atoms with Crippen LogP contribution in [0.3, 0.4) is 0 Å². The van der Waals surface area contributed by atoms with Gasteiger partial charge in [-0.3, -0.25) is 4.79 Å². The summed E-state index contributed by atoms with van der Waals surface area (Å²) in [5.74, 6) is -0.334. The second-order valence-electron chi connectivity index (χ2n) is 5.95. The van der Waals surface area contributed by atoms with Crippen molar-refractivity contribution < 1.29 is 18.0 Å². The number of nitrogens with two attached hydrogens (primary N) is 1. The molecule has 1 heterocycles. The average molecular weight is 411 g/mol. The fourth-order valence-electron chi connectivity index (χ4n) is 2.43. The minimum atomic E-state index is -3.62. The number of amides is 3. The molecule has 0 aliphatic rings. The van der Waals surface area contributed by atoms with Gasteiger partial charge >= 0.3 is 6.03 Å². The van der Waals surface area contributed by atoms with Gasteiger partial charge in [0.25, 0.3) is 0 Å². The number of rotatable bonds is 8. The third-order valence-electron chi connectivity index (χ3n) is 3.80. The van der Waals surface area contributed by atoms with Crippen LogP contribution in [0.15, 0.2) is 46.7 Å². The van der Waals surface area contributed by atoms with E-state index >= 15 is 0 Å². The quantitative estimate of drug-likeness (QED) is 0.609. The molecule has 1 unspecified atom stereocenters. The zero-order valence-electron chi connectivity index (χ0n) is 15.0. The van der Waals surface area contributed by atoms with Gasteiger partial charge in [0.2, 0.25) is 15.9 Å². The molecule has 0 radical (unpaired) electrons. The van der Waals surface area contributed by atoms with Crippen molar-refractivity contribution in [3.05, 3.63) is 52.2 Å². The zero-order valence-corrected chi connectivity index (χ0v) is 16.6. The number of carbonyl (C=O) groups excluding carboxylic acids is 2. The molecular weight excluding hydrogens is 388 g/mol. The summed E-state index contributed by atoms with van der Waals surface area (Å²) in [5, 5.41) is 7.09. The number of thiophene rings is 1. The molecule has 0 aliphatic heterocycles. The highest BCUT2D eigenvalue weighted by atomic mass is 32.2. The van der Waals surface area contributed by atoms with Gasteiger partial charge < -0.3 is 16.4 Å². The first kappa shape index (κ1) is 20.9. The fraction of sp³-hybridized carbons (Fsp3) is 0.294. The first-order valence-corrected chi connectivity index (χ1v) is 10.4. The molecule has 0 saturated heterocycles. The molecule has 1 aromatic carbocycles. The predicted octanol–water partition coefficient (Wildman–Crippen LogP) is 1.41. The maximum atomic E-state index is 12.4. The molecule has 1 atom stereocenters. The molecule has 0 saturated carbocycles. The van der Waals surface area contributed by atoms with Crippen LogP contribution in [0.5, 0.6) is 0 Å². The number of carbonyl (C=O) groups is 2. The normalized spacial score (nSPS) is 12.6. The third kappa shape index (κ3) is 5.52. The van der Waals surface area contributed by atoms with Crippen LogP contribution in [0.1, 0.15) is 22.9 Å². The van der Waals surface area contributed by atoms with Gasteiger partial charge in [-0.05, 0) is 23.1 Å². The summed E-state index contributed by atoms with van der Waals surface area (Å²) in [6, 6.07) is 8.85. The number of sulfonamides is 1. The molecule has 27 heavy (non-hydrogen) atoms. The first-order valence-electron chi connectivity index (χ1n) is 8.08. The van der Waals surface area contributed by atoms with Crippen LogP contribution >= 0.6 is 11.3 Å². The van der Waals surface area contributed by atoms with Crippen LogP contribution in [0.2, 0.25) is 0 Å². The second kappa shape index (κ2) is 8.98. The standard InChI is InChI=1S/C17H22N4O4S2/c1-21(2)27(24,25)15-8-4-3-6-12(15)11-19-16(22)10-13(20-17(18)23)14-7-5-9-26-14/h3-9,13H,10-11H2,1-2H3,(H,19,22)(H3,18,20,23). The van der Waals surface area contributed by atoms with E-state index in [0.29, 0.717) is 5.56 Å². The summed E-state index contributed by atoms with van der Waals surface area (Å²) in [7, 11) is -0.719. The highest BCUT2D eigenvalue weighted by molar-refractivity contribution is 7.89. The van der Waals surface area contributed by atoms with Crippen LogP contribution < -0.4 is 16.4 Å². The molecule has 1 aromatic heterocycles. The van der Waals surface area contributed by atoms with Crippen molar-refractivity contribution in [2.75, 3.05) is 14.1 Å². The van der Waals surface area contributed by atoms with E-state index in [0.717, 1.165) is 9.18 Å². The van der Waals surface area contributed by atoms with Gasteiger partial charge in [-0.2, -0.15) is 0 Å². The van der Waals surface area contributed by atoms with Crippen LogP contribution in [0.25, 0.3) is 0 Å². The van der Waals surface area contributed by atoms with Gasteiger partial charge in [-0.1, -0.05) is 24.3 Å². The highest BCUT2D eigenvalue weighted by Gasteiger charge is 2.22. The number of benzene rings is 1. The Hall–Kier alpha value is -2.43. The molecule has 8 nitrogen and oxygen atoms in total. The minimum absolute atomic E-state index is 0.00789. The Bertz CT molecular complexity index is 895. The summed E-state index contributed by atoms with van der Waals surface area (Å²) >= 11 is 1.40. The molecule has 4 N–H and O–H groups in total. The lowest BCUT2D eigenvalue weighted by molar-refractivity contribution is -0.121. The first-order chi connectivity index (χ1) is 12.7. The van der Waals surface area contributed by atoms with Crippen LogP contribution in [0.4, 0.5) is 4.79 Å². The van der Waals surface area contributed by atoms with Gasteiger partial charge in [-0.25, -0.2) is 17.5 Å². The monoisotopic (exact) mass is 410 g/mol. The van der Waals surface area contributed by atoms with E-state index < -0.39 is 22.1 Å². The Morgan fingerprint density at radius 1 is 1.19 bits per heavy atom. The summed E-state index contributed by atoms with van der Waals surface area (Å²) in [6.07, 6.45) is -0.00789. The molecule has 3 amide bonds. The van der Waals surface area contributed by atoms with Crippen molar-refractivity contribution in [1.82, 2.24) is 14.9 Å². The fourth-order valence-corrected chi connectivity index (χ4v) is 4.33.